The van der Waals surface area contributed by atoms with E-state index < -0.39 is 62.6 Å². The summed E-state index contributed by atoms with van der Waals surface area (Å²) < 4.78 is 0. The van der Waals surface area contributed by atoms with Crippen LogP contribution >= 0.6 is 0 Å². The predicted molar refractivity (Wildman–Crippen MR) is 74.4 cm³/mol. The first kappa shape index (κ1) is 32.5. The minimum atomic E-state index is -1.54. The zero-order chi connectivity index (χ0) is 21.0. The molecule has 0 N–H and O–H groups in total. The Labute approximate surface area is 201 Å². The fraction of sp³-hybridized carbons (Fsp3) is 0.643. The van der Waals surface area contributed by atoms with Crippen molar-refractivity contribution < 1.29 is 99.2 Å². The van der Waals surface area contributed by atoms with Crippen LogP contribution in [0.3, 0.4) is 0 Å². The standard InChI is InChI=1S/C14H23N3O10.Na.Tc/c18-10(19)5-15(1-3-16(6-11(20)21)7-12(22)23)2-4-17(8-13(24)25)9-14(26)27;;/h1-9H2,(H,18,19)(H,20,21)(H,22,23)(H,24,25)(H,26,27);;/q;+1;/p-5. The van der Waals surface area contributed by atoms with Gasteiger partial charge in [-0.05, 0) is 0 Å². The molecule has 0 unspecified atom stereocenters. The molecule has 13 nitrogen and oxygen atoms in total. The van der Waals surface area contributed by atoms with Gasteiger partial charge in [-0.3, -0.25) is 14.7 Å². The van der Waals surface area contributed by atoms with Crippen LogP contribution in [0.15, 0.2) is 0 Å². The van der Waals surface area contributed by atoms with E-state index in [1.165, 1.54) is 4.90 Å². The van der Waals surface area contributed by atoms with Crippen molar-refractivity contribution in [2.24, 2.45) is 0 Å². The molecule has 0 saturated carbocycles. The van der Waals surface area contributed by atoms with Crippen molar-refractivity contribution in [1.82, 2.24) is 14.7 Å². The van der Waals surface area contributed by atoms with Crippen LogP contribution in [0.25, 0.3) is 0 Å². The molecule has 0 aromatic carbocycles. The molecule has 0 bridgehead atoms. The molecule has 29 heavy (non-hydrogen) atoms. The van der Waals surface area contributed by atoms with E-state index in [0.717, 1.165) is 9.80 Å². The Morgan fingerprint density at radius 1 is 0.448 bits per heavy atom. The van der Waals surface area contributed by atoms with Crippen LogP contribution in [-0.4, -0.2) is 103 Å². The smallest absolute Gasteiger partial charge is 0.549 e. The Balaban J connectivity index is -0.00000338. The van der Waals surface area contributed by atoms with Crippen LogP contribution in [0.4, 0.5) is 0 Å². The van der Waals surface area contributed by atoms with Crippen molar-refractivity contribution in [3.63, 3.8) is 0 Å². The third kappa shape index (κ3) is 19.9. The SMILES string of the molecule is O=C([O-])CN(CCN(CC(=O)[O-])CC(=O)[O-])CCN(CC(=O)[O-])CC(=O)[O-].[Na+].[Tc]. The summed E-state index contributed by atoms with van der Waals surface area (Å²) >= 11 is 0. The molecular weight excluding hydrogens is 491 g/mol. The first-order valence-corrected chi connectivity index (χ1v) is 7.66. The van der Waals surface area contributed by atoms with E-state index in [1.54, 1.807) is 0 Å². The van der Waals surface area contributed by atoms with Gasteiger partial charge in [-0.15, -0.1) is 0 Å². The van der Waals surface area contributed by atoms with E-state index >= 15 is 0 Å². The second-order valence-electron chi connectivity index (χ2n) is 5.56. The summed E-state index contributed by atoms with van der Waals surface area (Å²) in [4.78, 5) is 56.4. The van der Waals surface area contributed by atoms with Crippen molar-refractivity contribution in [2.75, 3.05) is 58.9 Å². The van der Waals surface area contributed by atoms with Gasteiger partial charge in [0.1, 0.15) is 0 Å². The van der Waals surface area contributed by atoms with Gasteiger partial charge < -0.3 is 49.5 Å². The summed E-state index contributed by atoms with van der Waals surface area (Å²) in [5.74, 6) is -7.67. The summed E-state index contributed by atoms with van der Waals surface area (Å²) in [6.07, 6.45) is 0. The molecule has 0 atom stereocenters. The first-order valence-electron chi connectivity index (χ1n) is 7.66. The summed E-state index contributed by atoms with van der Waals surface area (Å²) in [6.45, 7) is -4.16. The van der Waals surface area contributed by atoms with Crippen LogP contribution in [0.2, 0.25) is 0 Å². The van der Waals surface area contributed by atoms with E-state index in [1.807, 2.05) is 0 Å². The summed E-state index contributed by atoms with van der Waals surface area (Å²) in [7, 11) is 0. The molecule has 161 valence electrons. The van der Waals surface area contributed by atoms with Crippen LogP contribution < -0.4 is 55.1 Å². The summed E-state index contributed by atoms with van der Waals surface area (Å²) in [5.41, 5.74) is 0. The molecule has 0 heterocycles. The molecule has 0 aliphatic carbocycles. The maximum atomic E-state index is 10.8. The number of hydrogen-bond donors (Lipinski definition) is 0. The van der Waals surface area contributed by atoms with Gasteiger partial charge in [-0.25, -0.2) is 0 Å². The number of nitrogens with zero attached hydrogens (tertiary/aromatic N) is 3. The molecule has 0 aliphatic rings. The molecule has 0 fully saturated rings. The number of carbonyl (C=O) groups is 5. The van der Waals surface area contributed by atoms with Gasteiger partial charge in [-0.1, -0.05) is 0 Å². The molecule has 15 heteroatoms. The normalized spacial score (nSPS) is 10.3. The van der Waals surface area contributed by atoms with Gasteiger partial charge in [0.25, 0.3) is 0 Å². The zero-order valence-corrected chi connectivity index (χ0v) is 19.5. The molecule has 0 saturated heterocycles. The quantitative estimate of drug-likeness (QED) is 0.177. The number of carbonyl (C=O) groups excluding carboxylic acids is 5. The minimum Gasteiger partial charge on any atom is -0.549 e. The Bertz CT molecular complexity index is 494. The Morgan fingerprint density at radius 2 is 0.621 bits per heavy atom. The largest absolute Gasteiger partial charge is 1.00 e. The van der Waals surface area contributed by atoms with Gasteiger partial charge in [0, 0.05) is 79.0 Å². The van der Waals surface area contributed by atoms with Crippen LogP contribution in [-0.2, 0) is 44.1 Å². The first-order chi connectivity index (χ1) is 12.5. The fourth-order valence-corrected chi connectivity index (χ4v) is 2.18. The molecule has 0 aromatic heterocycles. The second kappa shape index (κ2) is 17.7. The van der Waals surface area contributed by atoms with Crippen molar-refractivity contribution in [2.45, 2.75) is 0 Å². The van der Waals surface area contributed by atoms with E-state index in [4.69, 9.17) is 0 Å². The number of carboxylic acids is 5. The van der Waals surface area contributed by atoms with Gasteiger partial charge in [0.2, 0.25) is 0 Å². The number of hydrogen-bond acceptors (Lipinski definition) is 13. The monoisotopic (exact) mass is 508 g/mol. The van der Waals surface area contributed by atoms with Crippen molar-refractivity contribution >= 4 is 29.8 Å². The van der Waals surface area contributed by atoms with Crippen LogP contribution in [0, 0.1) is 0 Å². The molecular formula is C14H18N3NaO10Tc-4. The molecule has 0 amide bonds. The van der Waals surface area contributed by atoms with Crippen LogP contribution in [0.1, 0.15) is 0 Å². The maximum Gasteiger partial charge on any atom is 1.00 e. The minimum absolute atomic E-state index is 0. The molecule has 1 radical (unpaired) electrons. The molecule has 0 spiro atoms. The zero-order valence-electron chi connectivity index (χ0n) is 15.7. The van der Waals surface area contributed by atoms with Crippen molar-refractivity contribution in [3.8, 4) is 0 Å². The van der Waals surface area contributed by atoms with E-state index in [2.05, 4.69) is 0 Å². The van der Waals surface area contributed by atoms with Crippen molar-refractivity contribution in [3.05, 3.63) is 0 Å². The Hall–Kier alpha value is -1.12. The maximum absolute atomic E-state index is 10.8. The Kier molecular flexibility index (Phi) is 19.9. The summed E-state index contributed by atoms with van der Waals surface area (Å²) in [5, 5.41) is 53.3. The van der Waals surface area contributed by atoms with Gasteiger partial charge in [0.15, 0.2) is 0 Å². The van der Waals surface area contributed by atoms with E-state index in [0.29, 0.717) is 0 Å². The molecule has 0 aromatic rings. The fourth-order valence-electron chi connectivity index (χ4n) is 2.18. The summed E-state index contributed by atoms with van der Waals surface area (Å²) in [6, 6.07) is 0. The van der Waals surface area contributed by atoms with Crippen LogP contribution in [0.5, 0.6) is 0 Å². The van der Waals surface area contributed by atoms with Gasteiger partial charge in [0.05, 0.1) is 29.8 Å². The number of rotatable bonds is 16. The third-order valence-electron chi connectivity index (χ3n) is 3.23. The average molecular weight is 509 g/mol. The average Bonchev–Trinajstić information content (AvgIpc) is 2.46. The second-order valence-corrected chi connectivity index (χ2v) is 5.56. The Morgan fingerprint density at radius 3 is 0.828 bits per heavy atom. The third-order valence-corrected chi connectivity index (χ3v) is 3.23. The van der Waals surface area contributed by atoms with E-state index in [9.17, 15) is 49.5 Å². The topological polar surface area (TPSA) is 210 Å². The van der Waals surface area contributed by atoms with Gasteiger partial charge >= 0.3 is 29.6 Å². The van der Waals surface area contributed by atoms with E-state index in [-0.39, 0.29) is 75.8 Å². The number of aliphatic carboxylic acids is 5. The predicted octanol–water partition coefficient (Wildman–Crippen LogP) is -12.4. The van der Waals surface area contributed by atoms with Crippen molar-refractivity contribution in [1.29, 1.82) is 0 Å². The molecule has 0 aliphatic heterocycles. The number of carboxylic acid groups (broad SMARTS) is 5. The van der Waals surface area contributed by atoms with Gasteiger partial charge in [-0.2, -0.15) is 0 Å². The molecule has 0 rings (SSSR count).